The van der Waals surface area contributed by atoms with Crippen LogP contribution in [0.1, 0.15) is 29.5 Å². The number of anilines is 1. The molecule has 1 aliphatic rings. The minimum atomic E-state index is -3.52. The number of carbonyl (C=O) groups is 1. The lowest BCUT2D eigenvalue weighted by atomic mass is 9.97. The quantitative estimate of drug-likeness (QED) is 0.653. The number of hydrogen-bond acceptors (Lipinski definition) is 5. The maximum absolute atomic E-state index is 12.8. The van der Waals surface area contributed by atoms with E-state index in [1.807, 2.05) is 20.8 Å². The van der Waals surface area contributed by atoms with Crippen molar-refractivity contribution in [3.63, 3.8) is 0 Å². The third-order valence-corrected chi connectivity index (χ3v) is 8.37. The second-order valence-electron chi connectivity index (χ2n) is 7.93. The average Bonchev–Trinajstić information content (AvgIpc) is 3.11. The van der Waals surface area contributed by atoms with E-state index in [0.717, 1.165) is 21.3 Å². The summed E-state index contributed by atoms with van der Waals surface area (Å²) >= 11 is 1.47. The van der Waals surface area contributed by atoms with Crippen LogP contribution in [0.4, 0.5) is 5.13 Å². The number of nitrogens with one attached hydrogen (secondary N) is 1. The molecule has 2 aromatic carbocycles. The molecule has 4 rings (SSSR count). The second-order valence-corrected chi connectivity index (χ2v) is 10.9. The van der Waals surface area contributed by atoms with E-state index in [1.165, 1.54) is 21.2 Å². The molecule has 1 aromatic heterocycles. The molecular weight excluding hydrogens is 418 g/mol. The molecule has 6 nitrogen and oxygen atoms in total. The zero-order chi connectivity index (χ0) is 21.5. The van der Waals surface area contributed by atoms with E-state index in [-0.39, 0.29) is 11.8 Å². The first kappa shape index (κ1) is 21.0. The standard InChI is InChI=1S/C22H25N3O3S2/c1-14-4-6-18(7-5-14)30(27,28)25-10-8-17(9-11-25)21(26)24-22-23-20-16(3)12-15(2)13-19(20)29-22/h4-7,12-13,17H,8-11H2,1-3H3,(H,23,24,26). The summed E-state index contributed by atoms with van der Waals surface area (Å²) < 4.78 is 28.2. The number of rotatable bonds is 4. The topological polar surface area (TPSA) is 79.4 Å². The van der Waals surface area contributed by atoms with Crippen LogP contribution in [-0.4, -0.2) is 36.7 Å². The molecule has 0 spiro atoms. The lowest BCUT2D eigenvalue weighted by Gasteiger charge is -2.30. The van der Waals surface area contributed by atoms with E-state index in [0.29, 0.717) is 36.0 Å². The van der Waals surface area contributed by atoms with Gasteiger partial charge in [-0.25, -0.2) is 13.4 Å². The summed E-state index contributed by atoms with van der Waals surface area (Å²) in [5.74, 6) is -0.305. The first-order chi connectivity index (χ1) is 14.2. The number of fused-ring (bicyclic) bond motifs is 1. The van der Waals surface area contributed by atoms with Crippen molar-refractivity contribution in [3.8, 4) is 0 Å². The van der Waals surface area contributed by atoms with Gasteiger partial charge in [0.25, 0.3) is 0 Å². The van der Waals surface area contributed by atoms with E-state index in [2.05, 4.69) is 22.4 Å². The van der Waals surface area contributed by atoms with Gasteiger partial charge in [-0.2, -0.15) is 4.31 Å². The predicted molar refractivity (Wildman–Crippen MR) is 120 cm³/mol. The number of sulfonamides is 1. The van der Waals surface area contributed by atoms with Crippen molar-refractivity contribution in [3.05, 3.63) is 53.1 Å². The molecule has 0 atom stereocenters. The van der Waals surface area contributed by atoms with Crippen LogP contribution in [0.15, 0.2) is 41.3 Å². The van der Waals surface area contributed by atoms with E-state index in [9.17, 15) is 13.2 Å². The molecule has 0 aliphatic carbocycles. The fourth-order valence-electron chi connectivity index (χ4n) is 3.85. The van der Waals surface area contributed by atoms with Gasteiger partial charge in [-0.1, -0.05) is 35.1 Å². The Morgan fingerprint density at radius 3 is 2.40 bits per heavy atom. The summed E-state index contributed by atoms with van der Waals surface area (Å²) in [6, 6.07) is 11.0. The lowest BCUT2D eigenvalue weighted by Crippen LogP contribution is -2.41. The maximum atomic E-state index is 12.8. The minimum Gasteiger partial charge on any atom is -0.302 e. The van der Waals surface area contributed by atoms with Crippen molar-refractivity contribution < 1.29 is 13.2 Å². The highest BCUT2D eigenvalue weighted by molar-refractivity contribution is 7.89. The molecular formula is C22H25N3O3S2. The van der Waals surface area contributed by atoms with Crippen molar-refractivity contribution >= 4 is 42.6 Å². The van der Waals surface area contributed by atoms with Gasteiger partial charge in [-0.05, 0) is 62.9 Å². The predicted octanol–water partition coefficient (Wildman–Crippen LogP) is 4.26. The number of nitrogens with zero attached hydrogens (tertiary/aromatic N) is 2. The molecule has 0 unspecified atom stereocenters. The van der Waals surface area contributed by atoms with Crippen molar-refractivity contribution in [1.82, 2.24) is 9.29 Å². The monoisotopic (exact) mass is 443 g/mol. The van der Waals surface area contributed by atoms with Gasteiger partial charge in [0.2, 0.25) is 15.9 Å². The summed E-state index contributed by atoms with van der Waals surface area (Å²) in [5, 5.41) is 3.54. The van der Waals surface area contributed by atoms with Gasteiger partial charge in [-0.15, -0.1) is 0 Å². The van der Waals surface area contributed by atoms with Crippen LogP contribution < -0.4 is 5.32 Å². The molecule has 158 valence electrons. The van der Waals surface area contributed by atoms with Crippen molar-refractivity contribution in [2.24, 2.45) is 5.92 Å². The Kier molecular flexibility index (Phi) is 5.65. The first-order valence-corrected chi connectivity index (χ1v) is 12.2. The highest BCUT2D eigenvalue weighted by atomic mass is 32.2. The summed E-state index contributed by atoms with van der Waals surface area (Å²) in [6.45, 7) is 6.67. The highest BCUT2D eigenvalue weighted by Crippen LogP contribution is 2.31. The Bertz CT molecular complexity index is 1190. The second kappa shape index (κ2) is 8.09. The Hall–Kier alpha value is -2.29. The molecule has 1 N–H and O–H groups in total. The van der Waals surface area contributed by atoms with E-state index in [4.69, 9.17) is 0 Å². The molecule has 1 fully saturated rings. The van der Waals surface area contributed by atoms with Gasteiger partial charge < -0.3 is 5.32 Å². The summed E-state index contributed by atoms with van der Waals surface area (Å²) in [6.07, 6.45) is 1.000. The molecule has 2 heterocycles. The smallest absolute Gasteiger partial charge is 0.243 e. The van der Waals surface area contributed by atoms with Gasteiger partial charge >= 0.3 is 0 Å². The molecule has 0 saturated carbocycles. The fourth-order valence-corrected chi connectivity index (χ4v) is 6.36. The van der Waals surface area contributed by atoms with Crippen molar-refractivity contribution in [1.29, 1.82) is 0 Å². The minimum absolute atomic E-state index is 0.0872. The van der Waals surface area contributed by atoms with Gasteiger partial charge in [-0.3, -0.25) is 4.79 Å². The van der Waals surface area contributed by atoms with Crippen LogP contribution in [-0.2, 0) is 14.8 Å². The van der Waals surface area contributed by atoms with E-state index >= 15 is 0 Å². The lowest BCUT2D eigenvalue weighted by molar-refractivity contribution is -0.120. The van der Waals surface area contributed by atoms with Gasteiger partial charge in [0.05, 0.1) is 15.1 Å². The molecule has 3 aromatic rings. The first-order valence-electron chi connectivity index (χ1n) is 9.99. The Labute approximate surface area is 181 Å². The summed E-state index contributed by atoms with van der Waals surface area (Å²) in [5.41, 5.74) is 4.20. The Morgan fingerprint density at radius 1 is 1.07 bits per heavy atom. The number of aryl methyl sites for hydroxylation is 3. The fraction of sp³-hybridized carbons (Fsp3) is 0.364. The molecule has 0 bridgehead atoms. The molecule has 0 radical (unpaired) electrons. The highest BCUT2D eigenvalue weighted by Gasteiger charge is 2.32. The number of benzene rings is 2. The zero-order valence-electron chi connectivity index (χ0n) is 17.3. The average molecular weight is 444 g/mol. The van der Waals surface area contributed by atoms with Gasteiger partial charge in [0.1, 0.15) is 0 Å². The Morgan fingerprint density at radius 2 is 1.73 bits per heavy atom. The summed E-state index contributed by atoms with van der Waals surface area (Å²) in [7, 11) is -3.52. The van der Waals surface area contributed by atoms with Crippen molar-refractivity contribution in [2.75, 3.05) is 18.4 Å². The molecule has 1 saturated heterocycles. The third-order valence-electron chi connectivity index (χ3n) is 5.54. The largest absolute Gasteiger partial charge is 0.302 e. The van der Waals surface area contributed by atoms with Crippen LogP contribution in [0.25, 0.3) is 10.2 Å². The number of thiazole rings is 1. The van der Waals surface area contributed by atoms with Crippen LogP contribution in [0.2, 0.25) is 0 Å². The number of aromatic nitrogens is 1. The molecule has 8 heteroatoms. The van der Waals surface area contributed by atoms with Crippen LogP contribution in [0, 0.1) is 26.7 Å². The zero-order valence-corrected chi connectivity index (χ0v) is 18.9. The van der Waals surface area contributed by atoms with Gasteiger partial charge in [0, 0.05) is 19.0 Å². The van der Waals surface area contributed by atoms with E-state index < -0.39 is 10.0 Å². The number of hydrogen-bond donors (Lipinski definition) is 1. The number of carbonyl (C=O) groups excluding carboxylic acids is 1. The molecule has 30 heavy (non-hydrogen) atoms. The van der Waals surface area contributed by atoms with Gasteiger partial charge in [0.15, 0.2) is 5.13 Å². The van der Waals surface area contributed by atoms with Crippen LogP contribution in [0.3, 0.4) is 0 Å². The third kappa shape index (κ3) is 4.12. The Balaban J connectivity index is 1.41. The van der Waals surface area contributed by atoms with Crippen molar-refractivity contribution in [2.45, 2.75) is 38.5 Å². The SMILES string of the molecule is Cc1ccc(S(=O)(=O)N2CCC(C(=O)Nc3nc4c(C)cc(C)cc4s3)CC2)cc1. The van der Waals surface area contributed by atoms with Crippen LogP contribution in [0.5, 0.6) is 0 Å². The summed E-state index contributed by atoms with van der Waals surface area (Å²) in [4.78, 5) is 17.6. The molecule has 1 amide bonds. The molecule has 1 aliphatic heterocycles. The maximum Gasteiger partial charge on any atom is 0.243 e. The normalized spacial score (nSPS) is 16.1. The van der Waals surface area contributed by atoms with E-state index in [1.54, 1.807) is 24.3 Å². The van der Waals surface area contributed by atoms with Crippen LogP contribution >= 0.6 is 11.3 Å². The number of piperidine rings is 1. The number of amides is 1.